The van der Waals surface area contributed by atoms with E-state index in [1.165, 1.54) is 0 Å². The number of aliphatic carboxylic acids is 1. The van der Waals surface area contributed by atoms with Gasteiger partial charge in [-0.25, -0.2) is 4.79 Å². The van der Waals surface area contributed by atoms with Gasteiger partial charge in [0.2, 0.25) is 5.91 Å². The molecule has 0 fully saturated rings. The lowest BCUT2D eigenvalue weighted by atomic mass is 9.92. The Balaban J connectivity index is 2.96. The molecule has 0 aliphatic rings. The normalized spacial score (nSPS) is 11.1. The molecule has 0 saturated carbocycles. The number of amides is 1. The number of carbonyl (C=O) groups excluding carboxylic acids is 1. The number of nitrogens with one attached hydrogen (secondary N) is 1. The molecule has 5 heteroatoms. The summed E-state index contributed by atoms with van der Waals surface area (Å²) in [4.78, 5) is 23.8. The Morgan fingerprint density at radius 2 is 1.68 bits per heavy atom. The largest absolute Gasteiger partial charge is 0.497 e. The van der Waals surface area contributed by atoms with Crippen LogP contribution in [-0.2, 0) is 16.0 Å². The van der Waals surface area contributed by atoms with Crippen LogP contribution in [0.1, 0.15) is 43.4 Å². The molecule has 5 nitrogen and oxygen atoms in total. The zero-order valence-electron chi connectivity index (χ0n) is 13.9. The van der Waals surface area contributed by atoms with Crippen molar-refractivity contribution in [2.45, 2.75) is 52.5 Å². The van der Waals surface area contributed by atoms with E-state index in [0.29, 0.717) is 12.8 Å². The molecule has 1 aromatic rings. The lowest BCUT2D eigenvalue weighted by molar-refractivity contribution is -0.148. The quantitative estimate of drug-likeness (QED) is 0.812. The van der Waals surface area contributed by atoms with Crippen LogP contribution < -0.4 is 10.1 Å². The first-order valence-electron chi connectivity index (χ1n) is 7.48. The van der Waals surface area contributed by atoms with Gasteiger partial charge >= 0.3 is 5.97 Å². The number of hydrogen-bond donors (Lipinski definition) is 2. The molecular formula is C17H25NO4. The van der Waals surface area contributed by atoms with Crippen molar-refractivity contribution < 1.29 is 19.4 Å². The summed E-state index contributed by atoms with van der Waals surface area (Å²) in [5.41, 5.74) is 1.64. The highest BCUT2D eigenvalue weighted by molar-refractivity contribution is 5.88. The van der Waals surface area contributed by atoms with Crippen LogP contribution in [0.5, 0.6) is 5.75 Å². The third kappa shape index (κ3) is 3.78. The molecule has 0 aliphatic carbocycles. The van der Waals surface area contributed by atoms with Gasteiger partial charge in [-0.15, -0.1) is 0 Å². The fraction of sp³-hybridized carbons (Fsp3) is 0.529. The summed E-state index contributed by atoms with van der Waals surface area (Å²) < 4.78 is 5.20. The number of rotatable bonds is 7. The summed E-state index contributed by atoms with van der Waals surface area (Å²) in [6.45, 7) is 7.37. The maximum absolute atomic E-state index is 12.3. The highest BCUT2D eigenvalue weighted by Crippen LogP contribution is 2.23. The molecule has 0 unspecified atom stereocenters. The lowest BCUT2D eigenvalue weighted by Crippen LogP contribution is -2.54. The van der Waals surface area contributed by atoms with Gasteiger partial charge in [-0.2, -0.15) is 0 Å². The molecule has 0 aromatic heterocycles. The van der Waals surface area contributed by atoms with Gasteiger partial charge in [0.1, 0.15) is 11.3 Å². The number of hydrogen-bond acceptors (Lipinski definition) is 3. The van der Waals surface area contributed by atoms with E-state index in [-0.39, 0.29) is 12.3 Å². The Bertz CT molecular complexity index is 539. The summed E-state index contributed by atoms with van der Waals surface area (Å²) >= 11 is 0. The Morgan fingerprint density at radius 3 is 2.05 bits per heavy atom. The van der Waals surface area contributed by atoms with Crippen molar-refractivity contribution in [3.05, 3.63) is 28.8 Å². The summed E-state index contributed by atoms with van der Waals surface area (Å²) in [6, 6.07) is 3.75. The predicted molar refractivity (Wildman–Crippen MR) is 85.3 cm³/mol. The Labute approximate surface area is 131 Å². The molecule has 1 aromatic carbocycles. The molecule has 0 aliphatic heterocycles. The van der Waals surface area contributed by atoms with Crippen molar-refractivity contribution in [1.29, 1.82) is 0 Å². The topological polar surface area (TPSA) is 75.6 Å². The van der Waals surface area contributed by atoms with Crippen LogP contribution in [-0.4, -0.2) is 29.6 Å². The Hall–Kier alpha value is -2.04. The fourth-order valence-corrected chi connectivity index (χ4v) is 2.60. The van der Waals surface area contributed by atoms with E-state index < -0.39 is 11.5 Å². The van der Waals surface area contributed by atoms with Gasteiger partial charge in [-0.05, 0) is 55.5 Å². The number of carbonyl (C=O) groups is 2. The molecule has 0 saturated heterocycles. The van der Waals surface area contributed by atoms with E-state index in [2.05, 4.69) is 5.32 Å². The minimum Gasteiger partial charge on any atom is -0.497 e. The molecule has 0 bridgehead atoms. The molecule has 0 heterocycles. The van der Waals surface area contributed by atoms with Crippen LogP contribution in [0.15, 0.2) is 12.1 Å². The van der Waals surface area contributed by atoms with Gasteiger partial charge in [0.05, 0.1) is 13.5 Å². The van der Waals surface area contributed by atoms with E-state index in [1.54, 1.807) is 21.0 Å². The van der Waals surface area contributed by atoms with Gasteiger partial charge in [0, 0.05) is 0 Å². The summed E-state index contributed by atoms with van der Waals surface area (Å²) in [6.07, 6.45) is 0.868. The molecule has 1 rings (SSSR count). The standard InChI is InChI=1S/C17H25NO4/c1-6-17(7-2,16(20)21)18-15(19)10-14-11(3)8-13(22-5)9-12(14)4/h8-9H,6-7,10H2,1-5H3,(H,18,19)(H,20,21). The average Bonchev–Trinajstić information content (AvgIpc) is 2.48. The van der Waals surface area contributed by atoms with Gasteiger partial charge in [0.15, 0.2) is 0 Å². The number of benzene rings is 1. The molecule has 122 valence electrons. The monoisotopic (exact) mass is 307 g/mol. The minimum atomic E-state index is -1.19. The van der Waals surface area contributed by atoms with Crippen molar-refractivity contribution in [3.8, 4) is 5.75 Å². The van der Waals surface area contributed by atoms with E-state index in [0.717, 1.165) is 22.4 Å². The van der Waals surface area contributed by atoms with Crippen LogP contribution in [0.4, 0.5) is 0 Å². The Kier molecular flexibility index (Phi) is 5.97. The van der Waals surface area contributed by atoms with Crippen molar-refractivity contribution in [2.24, 2.45) is 0 Å². The molecule has 22 heavy (non-hydrogen) atoms. The molecule has 1 amide bonds. The highest BCUT2D eigenvalue weighted by Gasteiger charge is 2.36. The first-order valence-corrected chi connectivity index (χ1v) is 7.48. The molecule has 2 N–H and O–H groups in total. The van der Waals surface area contributed by atoms with Crippen LogP contribution in [0.3, 0.4) is 0 Å². The van der Waals surface area contributed by atoms with E-state index in [4.69, 9.17) is 4.74 Å². The first-order chi connectivity index (χ1) is 10.3. The zero-order chi connectivity index (χ0) is 16.9. The van der Waals surface area contributed by atoms with Crippen LogP contribution in [0, 0.1) is 13.8 Å². The highest BCUT2D eigenvalue weighted by atomic mass is 16.5. The maximum atomic E-state index is 12.3. The fourth-order valence-electron chi connectivity index (χ4n) is 2.60. The summed E-state index contributed by atoms with van der Waals surface area (Å²) in [5, 5.41) is 12.1. The summed E-state index contributed by atoms with van der Waals surface area (Å²) in [7, 11) is 1.60. The predicted octanol–water partition coefficient (Wildman–Crippen LogP) is 2.61. The third-order valence-electron chi connectivity index (χ3n) is 4.24. The van der Waals surface area contributed by atoms with Gasteiger partial charge < -0.3 is 15.2 Å². The van der Waals surface area contributed by atoms with Crippen molar-refractivity contribution in [2.75, 3.05) is 7.11 Å². The second kappa shape index (κ2) is 7.29. The third-order valence-corrected chi connectivity index (χ3v) is 4.24. The van der Waals surface area contributed by atoms with Gasteiger partial charge in [-0.1, -0.05) is 13.8 Å². The number of carboxylic acids is 1. The van der Waals surface area contributed by atoms with E-state index >= 15 is 0 Å². The van der Waals surface area contributed by atoms with Crippen LogP contribution >= 0.6 is 0 Å². The maximum Gasteiger partial charge on any atom is 0.329 e. The number of ether oxygens (including phenoxy) is 1. The lowest BCUT2D eigenvalue weighted by Gasteiger charge is -2.28. The van der Waals surface area contributed by atoms with Gasteiger partial charge in [-0.3, -0.25) is 4.79 Å². The smallest absolute Gasteiger partial charge is 0.329 e. The molecule has 0 atom stereocenters. The van der Waals surface area contributed by atoms with E-state index in [1.807, 2.05) is 26.0 Å². The van der Waals surface area contributed by atoms with Crippen molar-refractivity contribution >= 4 is 11.9 Å². The second-order valence-corrected chi connectivity index (χ2v) is 5.56. The van der Waals surface area contributed by atoms with Gasteiger partial charge in [0.25, 0.3) is 0 Å². The van der Waals surface area contributed by atoms with Crippen LogP contribution in [0.25, 0.3) is 0 Å². The van der Waals surface area contributed by atoms with E-state index in [9.17, 15) is 14.7 Å². The SMILES string of the molecule is CCC(CC)(NC(=O)Cc1c(C)cc(OC)cc1C)C(=O)O. The second-order valence-electron chi connectivity index (χ2n) is 5.56. The molecular weight excluding hydrogens is 282 g/mol. The van der Waals surface area contributed by atoms with Crippen LogP contribution in [0.2, 0.25) is 0 Å². The number of methoxy groups -OCH3 is 1. The van der Waals surface area contributed by atoms with Crippen molar-refractivity contribution in [1.82, 2.24) is 5.32 Å². The molecule has 0 spiro atoms. The van der Waals surface area contributed by atoms with Crippen molar-refractivity contribution in [3.63, 3.8) is 0 Å². The Morgan fingerprint density at radius 1 is 1.18 bits per heavy atom. The number of aryl methyl sites for hydroxylation is 2. The minimum absolute atomic E-state index is 0.163. The first kappa shape index (κ1) is 18.0. The number of carboxylic acid groups (broad SMARTS) is 1. The zero-order valence-corrected chi connectivity index (χ0v) is 13.9. The summed E-state index contributed by atoms with van der Waals surface area (Å²) in [5.74, 6) is -0.516. The molecule has 0 radical (unpaired) electrons. The average molecular weight is 307 g/mol.